The highest BCUT2D eigenvalue weighted by Gasteiger charge is 2.30. The van der Waals surface area contributed by atoms with Crippen LogP contribution in [0.15, 0.2) is 41.8 Å². The first-order chi connectivity index (χ1) is 11.7. The summed E-state index contributed by atoms with van der Waals surface area (Å²) in [5, 5.41) is 2.04. The van der Waals surface area contributed by atoms with E-state index in [-0.39, 0.29) is 30.3 Å². The summed E-state index contributed by atoms with van der Waals surface area (Å²) in [7, 11) is 1.65. The number of hydrogen-bond acceptors (Lipinski definition) is 4. The number of carbonyl (C=O) groups is 1. The molecule has 0 bridgehead atoms. The highest BCUT2D eigenvalue weighted by Crippen LogP contribution is 2.29. The average Bonchev–Trinajstić information content (AvgIpc) is 3.12. The van der Waals surface area contributed by atoms with E-state index in [4.69, 9.17) is 10.5 Å². The highest BCUT2D eigenvalue weighted by atomic mass is 35.5. The van der Waals surface area contributed by atoms with Crippen LogP contribution in [0.4, 0.5) is 5.69 Å². The van der Waals surface area contributed by atoms with Gasteiger partial charge in [0, 0.05) is 22.5 Å². The lowest BCUT2D eigenvalue weighted by Crippen LogP contribution is -2.40. The Morgan fingerprint density at radius 1 is 1.28 bits per heavy atom. The fourth-order valence-corrected chi connectivity index (χ4v) is 3.98. The van der Waals surface area contributed by atoms with Gasteiger partial charge in [-0.3, -0.25) is 4.79 Å². The van der Waals surface area contributed by atoms with Gasteiger partial charge in [0.1, 0.15) is 5.75 Å². The molecule has 1 amide bonds. The molecule has 25 heavy (non-hydrogen) atoms. The van der Waals surface area contributed by atoms with Crippen molar-refractivity contribution in [3.05, 3.63) is 46.7 Å². The van der Waals surface area contributed by atoms with E-state index in [1.165, 1.54) is 4.88 Å². The molecule has 1 aromatic carbocycles. The van der Waals surface area contributed by atoms with Crippen molar-refractivity contribution in [3.63, 3.8) is 0 Å². The second-order valence-electron chi connectivity index (χ2n) is 6.33. The Morgan fingerprint density at radius 3 is 2.64 bits per heavy atom. The Morgan fingerprint density at radius 2 is 2.04 bits per heavy atom. The Hall–Kier alpha value is -1.56. The molecule has 1 saturated carbocycles. The van der Waals surface area contributed by atoms with Gasteiger partial charge in [0.25, 0.3) is 0 Å². The maximum atomic E-state index is 13.2. The fraction of sp³-hybridized carbons (Fsp3) is 0.421. The Bertz CT molecular complexity index is 661. The lowest BCUT2D eigenvalue weighted by molar-refractivity contribution is -0.123. The summed E-state index contributed by atoms with van der Waals surface area (Å²) in [6.45, 7) is 0.606. The molecule has 1 aromatic heterocycles. The number of hydrogen-bond donors (Lipinski definition) is 1. The van der Waals surface area contributed by atoms with Crippen LogP contribution < -0.4 is 15.4 Å². The summed E-state index contributed by atoms with van der Waals surface area (Å²) < 4.78 is 5.23. The molecule has 1 heterocycles. The fourth-order valence-electron chi connectivity index (χ4n) is 3.29. The smallest absolute Gasteiger partial charge is 0.230 e. The van der Waals surface area contributed by atoms with Crippen LogP contribution in [0, 0.1) is 5.92 Å². The predicted molar refractivity (Wildman–Crippen MR) is 106 cm³/mol. The monoisotopic (exact) mass is 380 g/mol. The minimum Gasteiger partial charge on any atom is -0.497 e. The van der Waals surface area contributed by atoms with Gasteiger partial charge in [-0.05, 0) is 55.0 Å². The lowest BCUT2D eigenvalue weighted by Gasteiger charge is -2.31. The summed E-state index contributed by atoms with van der Waals surface area (Å²) in [6.07, 6.45) is 3.78. The normalized spacial score (nSPS) is 19.8. The van der Waals surface area contributed by atoms with Gasteiger partial charge >= 0.3 is 0 Å². The molecule has 0 spiro atoms. The van der Waals surface area contributed by atoms with Gasteiger partial charge in [-0.25, -0.2) is 0 Å². The Kier molecular flexibility index (Phi) is 7.29. The van der Waals surface area contributed by atoms with Crippen molar-refractivity contribution in [2.24, 2.45) is 11.7 Å². The summed E-state index contributed by atoms with van der Waals surface area (Å²) >= 11 is 1.67. The van der Waals surface area contributed by atoms with Gasteiger partial charge in [-0.2, -0.15) is 0 Å². The van der Waals surface area contributed by atoms with E-state index in [2.05, 4.69) is 6.07 Å². The SMILES string of the molecule is COc1ccc(N(Cc2cccs2)C(=O)C2CCCC(N)C2)cc1.Cl. The number of ether oxygens (including phenoxy) is 1. The third kappa shape index (κ3) is 4.97. The quantitative estimate of drug-likeness (QED) is 0.844. The van der Waals surface area contributed by atoms with E-state index < -0.39 is 0 Å². The maximum Gasteiger partial charge on any atom is 0.230 e. The first-order valence-corrected chi connectivity index (χ1v) is 9.28. The molecule has 1 aliphatic rings. The zero-order valence-electron chi connectivity index (χ0n) is 14.4. The number of benzene rings is 1. The molecule has 1 aliphatic carbocycles. The standard InChI is InChI=1S/C19H24N2O2S.ClH/c1-23-17-9-7-16(8-10-17)21(13-18-6-3-11-24-18)19(22)14-4-2-5-15(20)12-14;/h3,6-11,14-15H,2,4-5,12-13,20H2,1H3;1H. The molecule has 0 saturated heterocycles. The molecule has 2 N–H and O–H groups in total. The van der Waals surface area contributed by atoms with Crippen molar-refractivity contribution < 1.29 is 9.53 Å². The molecule has 0 radical (unpaired) electrons. The van der Waals surface area contributed by atoms with Crippen LogP contribution in [0.25, 0.3) is 0 Å². The van der Waals surface area contributed by atoms with Crippen molar-refractivity contribution >= 4 is 35.3 Å². The van der Waals surface area contributed by atoms with Gasteiger partial charge in [-0.15, -0.1) is 23.7 Å². The topological polar surface area (TPSA) is 55.6 Å². The van der Waals surface area contributed by atoms with E-state index in [1.807, 2.05) is 40.6 Å². The van der Waals surface area contributed by atoms with Crippen molar-refractivity contribution in [1.82, 2.24) is 0 Å². The molecule has 6 heteroatoms. The van der Waals surface area contributed by atoms with Crippen molar-refractivity contribution in [2.45, 2.75) is 38.3 Å². The summed E-state index contributed by atoms with van der Waals surface area (Å²) in [5.74, 6) is 1.00. The van der Waals surface area contributed by atoms with E-state index >= 15 is 0 Å². The van der Waals surface area contributed by atoms with Gasteiger partial charge < -0.3 is 15.4 Å². The molecule has 2 unspecified atom stereocenters. The van der Waals surface area contributed by atoms with Crippen molar-refractivity contribution in [1.29, 1.82) is 0 Å². The molecule has 3 rings (SSSR count). The number of nitrogens with zero attached hydrogens (tertiary/aromatic N) is 1. The van der Waals surface area contributed by atoms with Crippen LogP contribution >= 0.6 is 23.7 Å². The molecule has 4 nitrogen and oxygen atoms in total. The van der Waals surface area contributed by atoms with Crippen LogP contribution in [0.3, 0.4) is 0 Å². The Labute approximate surface area is 159 Å². The predicted octanol–water partition coefficient (Wildman–Crippen LogP) is 4.23. The van der Waals surface area contributed by atoms with Gasteiger partial charge in [0.05, 0.1) is 13.7 Å². The second kappa shape index (κ2) is 9.22. The Balaban J connectivity index is 0.00000225. The van der Waals surface area contributed by atoms with E-state index in [0.29, 0.717) is 6.54 Å². The number of rotatable bonds is 5. The number of methoxy groups -OCH3 is 1. The molecule has 2 aromatic rings. The molecular weight excluding hydrogens is 356 g/mol. The van der Waals surface area contributed by atoms with Gasteiger partial charge in [0.15, 0.2) is 0 Å². The van der Waals surface area contributed by atoms with E-state index in [0.717, 1.165) is 37.1 Å². The zero-order valence-corrected chi connectivity index (χ0v) is 16.0. The van der Waals surface area contributed by atoms with Crippen LogP contribution in [0.5, 0.6) is 5.75 Å². The molecule has 0 aliphatic heterocycles. The second-order valence-corrected chi connectivity index (χ2v) is 7.36. The van der Waals surface area contributed by atoms with Crippen LogP contribution in [-0.4, -0.2) is 19.1 Å². The minimum atomic E-state index is 0. The molecular formula is C19H25ClN2O2S. The number of thiophene rings is 1. The summed E-state index contributed by atoms with van der Waals surface area (Å²) in [4.78, 5) is 16.2. The average molecular weight is 381 g/mol. The summed E-state index contributed by atoms with van der Waals surface area (Å²) in [6, 6.07) is 11.9. The van der Waals surface area contributed by atoms with E-state index in [1.54, 1.807) is 18.4 Å². The van der Waals surface area contributed by atoms with Crippen LogP contribution in [0.2, 0.25) is 0 Å². The molecule has 1 fully saturated rings. The largest absolute Gasteiger partial charge is 0.497 e. The third-order valence-electron chi connectivity index (χ3n) is 4.61. The van der Waals surface area contributed by atoms with E-state index in [9.17, 15) is 4.79 Å². The van der Waals surface area contributed by atoms with Gasteiger partial charge in [0.2, 0.25) is 5.91 Å². The van der Waals surface area contributed by atoms with Crippen LogP contribution in [0.1, 0.15) is 30.6 Å². The van der Waals surface area contributed by atoms with Gasteiger partial charge in [-0.1, -0.05) is 12.5 Å². The number of nitrogens with two attached hydrogens (primary N) is 1. The molecule has 2 atom stereocenters. The summed E-state index contributed by atoms with van der Waals surface area (Å²) in [5.41, 5.74) is 7.00. The number of carbonyl (C=O) groups excluding carboxylic acids is 1. The maximum absolute atomic E-state index is 13.2. The number of halogens is 1. The zero-order chi connectivity index (χ0) is 16.9. The first-order valence-electron chi connectivity index (χ1n) is 8.41. The first kappa shape index (κ1) is 19.8. The van der Waals surface area contributed by atoms with Crippen molar-refractivity contribution in [3.8, 4) is 5.75 Å². The number of amides is 1. The molecule has 136 valence electrons. The van der Waals surface area contributed by atoms with Crippen molar-refractivity contribution in [2.75, 3.05) is 12.0 Å². The minimum absolute atomic E-state index is 0. The lowest BCUT2D eigenvalue weighted by atomic mass is 9.85. The van der Waals surface area contributed by atoms with Crippen LogP contribution in [-0.2, 0) is 11.3 Å². The third-order valence-corrected chi connectivity index (χ3v) is 5.47. The number of anilines is 1. The highest BCUT2D eigenvalue weighted by molar-refractivity contribution is 7.09.